The van der Waals surface area contributed by atoms with E-state index in [4.69, 9.17) is 4.74 Å². The molecule has 2 rings (SSSR count). The minimum absolute atomic E-state index is 0. The summed E-state index contributed by atoms with van der Waals surface area (Å²) < 4.78 is 5.43. The van der Waals surface area contributed by atoms with Gasteiger partial charge in [0.1, 0.15) is 0 Å². The number of ether oxygens (including phenoxy) is 1. The molecular weight excluding hydrogens is 457 g/mol. The van der Waals surface area contributed by atoms with E-state index in [1.165, 1.54) is 0 Å². The number of guanidine groups is 1. The van der Waals surface area contributed by atoms with Crippen molar-refractivity contribution in [1.29, 1.82) is 0 Å². The molecule has 1 aromatic rings. The molecule has 1 heterocycles. The van der Waals surface area contributed by atoms with Gasteiger partial charge in [-0.1, -0.05) is 18.2 Å². The van der Waals surface area contributed by atoms with Gasteiger partial charge in [0, 0.05) is 50.9 Å². The topological polar surface area (TPSA) is 78.0 Å². The number of aliphatic imine (C=N–C) groups is 1. The highest BCUT2D eigenvalue weighted by Crippen LogP contribution is 2.14. The van der Waals surface area contributed by atoms with Crippen LogP contribution in [0.15, 0.2) is 35.3 Å². The van der Waals surface area contributed by atoms with Crippen molar-refractivity contribution in [3.8, 4) is 0 Å². The monoisotopic (exact) mass is 489 g/mol. The maximum absolute atomic E-state index is 12.0. The fourth-order valence-corrected chi connectivity index (χ4v) is 2.85. The van der Waals surface area contributed by atoms with Crippen LogP contribution in [0.25, 0.3) is 0 Å². The molecule has 1 aliphatic rings. The Morgan fingerprint density at radius 1 is 1.11 bits per heavy atom. The van der Waals surface area contributed by atoms with Gasteiger partial charge in [0.15, 0.2) is 5.96 Å². The van der Waals surface area contributed by atoms with E-state index >= 15 is 0 Å². The van der Waals surface area contributed by atoms with Crippen molar-refractivity contribution in [3.63, 3.8) is 0 Å². The van der Waals surface area contributed by atoms with Crippen LogP contribution >= 0.6 is 24.0 Å². The number of morpholine rings is 1. The van der Waals surface area contributed by atoms with E-state index < -0.39 is 0 Å². The second kappa shape index (κ2) is 12.1. The summed E-state index contributed by atoms with van der Waals surface area (Å²) in [6.07, 6.45) is 0. The molecule has 1 fully saturated rings. The van der Waals surface area contributed by atoms with Gasteiger partial charge in [-0.15, -0.1) is 24.0 Å². The first kappa shape index (κ1) is 23.6. The molecule has 1 aromatic carbocycles. The van der Waals surface area contributed by atoms with Crippen LogP contribution in [0.5, 0.6) is 0 Å². The van der Waals surface area contributed by atoms with E-state index in [0.717, 1.165) is 38.8 Å². The smallest absolute Gasteiger partial charge is 0.251 e. The average molecular weight is 489 g/mol. The zero-order valence-electron chi connectivity index (χ0n) is 16.5. The van der Waals surface area contributed by atoms with Crippen LogP contribution in [0.2, 0.25) is 0 Å². The van der Waals surface area contributed by atoms with Crippen molar-refractivity contribution in [2.75, 3.05) is 53.0 Å². The van der Waals surface area contributed by atoms with Gasteiger partial charge in [-0.3, -0.25) is 14.7 Å². The van der Waals surface area contributed by atoms with Gasteiger partial charge in [0.2, 0.25) is 0 Å². The minimum atomic E-state index is -0.0659. The Balaban J connectivity index is 0.00000364. The Kier molecular flexibility index (Phi) is 10.6. The van der Waals surface area contributed by atoms with Crippen LogP contribution in [0, 0.1) is 0 Å². The van der Waals surface area contributed by atoms with Crippen molar-refractivity contribution < 1.29 is 9.53 Å². The average Bonchev–Trinajstić information content (AvgIpc) is 2.68. The predicted molar refractivity (Wildman–Crippen MR) is 120 cm³/mol. The molecule has 0 radical (unpaired) electrons. The first-order valence-electron chi connectivity index (χ1n) is 9.13. The Morgan fingerprint density at radius 3 is 2.37 bits per heavy atom. The third-order valence-corrected chi connectivity index (χ3v) is 4.52. The summed E-state index contributed by atoms with van der Waals surface area (Å²) in [6.45, 7) is 9.84. The zero-order chi connectivity index (χ0) is 18.8. The quantitative estimate of drug-likeness (QED) is 0.233. The molecule has 0 atom stereocenters. The number of carbonyl (C=O) groups excluding carboxylic acids is 1. The number of rotatable bonds is 7. The minimum Gasteiger partial charge on any atom is -0.379 e. The van der Waals surface area contributed by atoms with Crippen molar-refractivity contribution in [1.82, 2.24) is 20.9 Å². The summed E-state index contributed by atoms with van der Waals surface area (Å²) in [6, 6.07) is 9.21. The Bertz CT molecular complexity index is 589. The fraction of sp³-hybridized carbons (Fsp3) is 0.579. The molecular formula is C19H32IN5O2. The van der Waals surface area contributed by atoms with Crippen LogP contribution in [0.3, 0.4) is 0 Å². The van der Waals surface area contributed by atoms with Crippen LogP contribution in [0.1, 0.15) is 24.2 Å². The van der Waals surface area contributed by atoms with Gasteiger partial charge in [0.25, 0.3) is 5.91 Å². The molecule has 0 unspecified atom stereocenters. The summed E-state index contributed by atoms with van der Waals surface area (Å²) in [5, 5.41) is 9.50. The second-order valence-electron chi connectivity index (χ2n) is 6.89. The van der Waals surface area contributed by atoms with Crippen LogP contribution in [0.4, 0.5) is 0 Å². The highest BCUT2D eigenvalue weighted by Gasteiger charge is 2.28. The summed E-state index contributed by atoms with van der Waals surface area (Å²) in [4.78, 5) is 18.7. The van der Waals surface area contributed by atoms with Gasteiger partial charge in [0.05, 0.1) is 13.2 Å². The lowest BCUT2D eigenvalue weighted by molar-refractivity contribution is -0.00833. The molecule has 0 bridgehead atoms. The number of benzene rings is 1. The molecule has 1 amide bonds. The van der Waals surface area contributed by atoms with Gasteiger partial charge in [-0.2, -0.15) is 0 Å². The van der Waals surface area contributed by atoms with Gasteiger partial charge >= 0.3 is 0 Å². The maximum Gasteiger partial charge on any atom is 0.251 e. The van der Waals surface area contributed by atoms with E-state index in [-0.39, 0.29) is 35.4 Å². The SMILES string of the molecule is CN=C(NCCNC(=O)c1ccccc1)NCC(C)(C)N1CCOCC1.I. The van der Waals surface area contributed by atoms with E-state index in [2.05, 4.69) is 39.7 Å². The van der Waals surface area contributed by atoms with Crippen LogP contribution in [-0.4, -0.2) is 75.3 Å². The zero-order valence-corrected chi connectivity index (χ0v) is 18.8. The Hall–Kier alpha value is -1.39. The third-order valence-electron chi connectivity index (χ3n) is 4.52. The number of nitrogens with zero attached hydrogens (tertiary/aromatic N) is 2. The number of halogens is 1. The Morgan fingerprint density at radius 2 is 1.74 bits per heavy atom. The van der Waals surface area contributed by atoms with Crippen molar-refractivity contribution in [3.05, 3.63) is 35.9 Å². The normalized spacial score (nSPS) is 15.6. The molecule has 152 valence electrons. The first-order valence-corrected chi connectivity index (χ1v) is 9.13. The second-order valence-corrected chi connectivity index (χ2v) is 6.89. The number of amides is 1. The lowest BCUT2D eigenvalue weighted by Crippen LogP contribution is -2.56. The van der Waals surface area contributed by atoms with Gasteiger partial charge < -0.3 is 20.7 Å². The number of hydrogen-bond acceptors (Lipinski definition) is 4. The standard InChI is InChI=1S/C19H31N5O2.HI/c1-19(2,24-11-13-26-14-12-24)15-23-18(20-3)22-10-9-21-17(25)16-7-5-4-6-8-16;/h4-8H,9-15H2,1-3H3,(H,21,25)(H2,20,22,23);1H. The highest BCUT2D eigenvalue weighted by atomic mass is 127. The number of hydrogen-bond donors (Lipinski definition) is 3. The Labute approximate surface area is 179 Å². The van der Waals surface area contributed by atoms with Gasteiger partial charge in [-0.25, -0.2) is 0 Å². The van der Waals surface area contributed by atoms with Crippen LogP contribution < -0.4 is 16.0 Å². The van der Waals surface area contributed by atoms with E-state index in [9.17, 15) is 4.79 Å². The third kappa shape index (κ3) is 8.02. The molecule has 3 N–H and O–H groups in total. The molecule has 0 saturated carbocycles. The van der Waals surface area contributed by atoms with E-state index in [0.29, 0.717) is 18.7 Å². The van der Waals surface area contributed by atoms with Crippen LogP contribution in [-0.2, 0) is 4.74 Å². The molecule has 0 aliphatic carbocycles. The largest absolute Gasteiger partial charge is 0.379 e. The molecule has 1 saturated heterocycles. The summed E-state index contributed by atoms with van der Waals surface area (Å²) >= 11 is 0. The molecule has 0 aromatic heterocycles. The molecule has 27 heavy (non-hydrogen) atoms. The summed E-state index contributed by atoms with van der Waals surface area (Å²) in [7, 11) is 1.75. The van der Waals surface area contributed by atoms with Crippen molar-refractivity contribution in [2.45, 2.75) is 19.4 Å². The van der Waals surface area contributed by atoms with E-state index in [1.807, 2.05) is 18.2 Å². The summed E-state index contributed by atoms with van der Waals surface area (Å²) in [5.74, 6) is 0.670. The number of carbonyl (C=O) groups is 1. The van der Waals surface area contributed by atoms with Crippen molar-refractivity contribution in [2.24, 2.45) is 4.99 Å². The predicted octanol–water partition coefficient (Wildman–Crippen LogP) is 1.31. The maximum atomic E-state index is 12.0. The lowest BCUT2D eigenvalue weighted by atomic mass is 10.0. The van der Waals surface area contributed by atoms with E-state index in [1.54, 1.807) is 19.2 Å². The fourth-order valence-electron chi connectivity index (χ4n) is 2.85. The first-order chi connectivity index (χ1) is 12.5. The van der Waals surface area contributed by atoms with Crippen molar-refractivity contribution >= 4 is 35.8 Å². The summed E-state index contributed by atoms with van der Waals surface area (Å²) in [5.41, 5.74) is 0.686. The lowest BCUT2D eigenvalue weighted by Gasteiger charge is -2.41. The highest BCUT2D eigenvalue weighted by molar-refractivity contribution is 14.0. The van der Waals surface area contributed by atoms with Gasteiger partial charge in [-0.05, 0) is 26.0 Å². The number of nitrogens with one attached hydrogen (secondary N) is 3. The molecule has 1 aliphatic heterocycles. The molecule has 8 heteroatoms. The molecule has 7 nitrogen and oxygen atoms in total. The molecule has 0 spiro atoms.